The zero-order valence-electron chi connectivity index (χ0n) is 9.99. The second kappa shape index (κ2) is 5.16. The van der Waals surface area contributed by atoms with Crippen molar-refractivity contribution in [2.45, 2.75) is 0 Å². The van der Waals surface area contributed by atoms with Crippen molar-refractivity contribution in [1.29, 1.82) is 0 Å². The maximum atomic E-state index is 6.32. The van der Waals surface area contributed by atoms with Gasteiger partial charge in [-0.1, -0.05) is 41.9 Å². The molecule has 0 aliphatic heterocycles. The van der Waals surface area contributed by atoms with Crippen LogP contribution in [-0.4, -0.2) is 15.0 Å². The van der Waals surface area contributed by atoms with Gasteiger partial charge in [-0.2, -0.15) is 0 Å². The minimum atomic E-state index is 0.573. The Morgan fingerprint density at radius 1 is 0.842 bits per heavy atom. The molecular weight excluding hydrogens is 258 g/mol. The van der Waals surface area contributed by atoms with Crippen LogP contribution in [-0.2, 0) is 0 Å². The van der Waals surface area contributed by atoms with E-state index in [1.807, 2.05) is 30.3 Å². The van der Waals surface area contributed by atoms with Crippen molar-refractivity contribution in [2.75, 3.05) is 0 Å². The summed E-state index contributed by atoms with van der Waals surface area (Å²) in [7, 11) is 0. The summed E-state index contributed by atoms with van der Waals surface area (Å²) in [6.45, 7) is 0. The number of halogens is 1. The SMILES string of the molecule is Clc1cc(-c2ncccn2)ncc1-c1ccccc1. The van der Waals surface area contributed by atoms with E-state index in [-0.39, 0.29) is 0 Å². The van der Waals surface area contributed by atoms with Gasteiger partial charge in [0.1, 0.15) is 5.69 Å². The van der Waals surface area contributed by atoms with Crippen LogP contribution in [0.5, 0.6) is 0 Å². The van der Waals surface area contributed by atoms with E-state index in [0.717, 1.165) is 11.1 Å². The fourth-order valence-corrected chi connectivity index (χ4v) is 2.08. The standard InChI is InChI=1S/C15H10ClN3/c16-13-9-14(15-17-7-4-8-18-15)19-10-12(13)11-5-2-1-3-6-11/h1-10H. The van der Waals surface area contributed by atoms with E-state index in [4.69, 9.17) is 11.6 Å². The molecule has 0 unspecified atom stereocenters. The summed E-state index contributed by atoms with van der Waals surface area (Å²) in [6, 6.07) is 13.5. The third-order valence-corrected chi connectivity index (χ3v) is 3.05. The average molecular weight is 268 g/mol. The summed E-state index contributed by atoms with van der Waals surface area (Å²) in [5.41, 5.74) is 2.62. The van der Waals surface area contributed by atoms with Crippen LogP contribution in [0.2, 0.25) is 5.02 Å². The maximum Gasteiger partial charge on any atom is 0.178 e. The Kier molecular flexibility index (Phi) is 3.21. The van der Waals surface area contributed by atoms with Crippen LogP contribution in [0.25, 0.3) is 22.6 Å². The molecule has 0 fully saturated rings. The highest BCUT2D eigenvalue weighted by Crippen LogP contribution is 2.29. The number of pyridine rings is 1. The predicted molar refractivity (Wildman–Crippen MR) is 75.7 cm³/mol. The molecule has 3 rings (SSSR count). The van der Waals surface area contributed by atoms with Gasteiger partial charge in [0.25, 0.3) is 0 Å². The van der Waals surface area contributed by atoms with E-state index >= 15 is 0 Å². The van der Waals surface area contributed by atoms with Gasteiger partial charge in [-0.3, -0.25) is 4.98 Å². The Morgan fingerprint density at radius 3 is 2.26 bits per heavy atom. The van der Waals surface area contributed by atoms with Crippen LogP contribution in [0.15, 0.2) is 61.1 Å². The molecule has 3 aromatic rings. The third-order valence-electron chi connectivity index (χ3n) is 2.73. The van der Waals surface area contributed by atoms with Crippen LogP contribution in [0, 0.1) is 0 Å². The molecule has 0 saturated heterocycles. The molecule has 4 heteroatoms. The summed E-state index contributed by atoms with van der Waals surface area (Å²) < 4.78 is 0. The first-order valence-corrected chi connectivity index (χ1v) is 6.21. The fourth-order valence-electron chi connectivity index (χ4n) is 1.81. The van der Waals surface area contributed by atoms with E-state index in [2.05, 4.69) is 15.0 Å². The molecule has 0 saturated carbocycles. The molecule has 0 spiro atoms. The molecule has 0 aliphatic carbocycles. The first-order valence-electron chi connectivity index (χ1n) is 5.83. The molecule has 0 radical (unpaired) electrons. The molecule has 0 atom stereocenters. The van der Waals surface area contributed by atoms with Gasteiger partial charge in [0, 0.05) is 24.2 Å². The Balaban J connectivity index is 2.04. The highest BCUT2D eigenvalue weighted by Gasteiger charge is 2.08. The molecule has 0 N–H and O–H groups in total. The van der Waals surface area contributed by atoms with E-state index < -0.39 is 0 Å². The van der Waals surface area contributed by atoms with Gasteiger partial charge in [0.2, 0.25) is 0 Å². The predicted octanol–water partition coefficient (Wildman–Crippen LogP) is 3.86. The molecule has 3 nitrogen and oxygen atoms in total. The lowest BCUT2D eigenvalue weighted by atomic mass is 10.1. The highest BCUT2D eigenvalue weighted by atomic mass is 35.5. The van der Waals surface area contributed by atoms with Crippen LogP contribution < -0.4 is 0 Å². The summed E-state index contributed by atoms with van der Waals surface area (Å²) in [5, 5.41) is 0.642. The summed E-state index contributed by atoms with van der Waals surface area (Å²) in [4.78, 5) is 12.7. The van der Waals surface area contributed by atoms with E-state index in [9.17, 15) is 0 Å². The number of hydrogen-bond donors (Lipinski definition) is 0. The van der Waals surface area contributed by atoms with Crippen molar-refractivity contribution >= 4 is 11.6 Å². The van der Waals surface area contributed by atoms with Gasteiger partial charge in [0.15, 0.2) is 5.82 Å². The Hall–Kier alpha value is -2.26. The minimum absolute atomic E-state index is 0.573. The second-order valence-electron chi connectivity index (χ2n) is 3.99. The van der Waals surface area contributed by atoms with Gasteiger partial charge < -0.3 is 0 Å². The Morgan fingerprint density at radius 2 is 1.58 bits per heavy atom. The zero-order valence-corrected chi connectivity index (χ0v) is 10.7. The van der Waals surface area contributed by atoms with Crippen molar-refractivity contribution in [3.8, 4) is 22.6 Å². The molecule has 2 aromatic heterocycles. The molecule has 92 valence electrons. The minimum Gasteiger partial charge on any atom is -0.252 e. The van der Waals surface area contributed by atoms with Crippen LogP contribution in [0.4, 0.5) is 0 Å². The Labute approximate surface area is 116 Å². The third kappa shape index (κ3) is 2.46. The molecular formula is C15H10ClN3. The van der Waals surface area contributed by atoms with Crippen LogP contribution in [0.1, 0.15) is 0 Å². The number of rotatable bonds is 2. The van der Waals surface area contributed by atoms with Gasteiger partial charge in [-0.25, -0.2) is 9.97 Å². The quantitative estimate of drug-likeness (QED) is 0.708. The van der Waals surface area contributed by atoms with Crippen molar-refractivity contribution in [2.24, 2.45) is 0 Å². The summed E-state index contributed by atoms with van der Waals surface area (Å²) in [5.74, 6) is 0.573. The molecule has 0 bridgehead atoms. The zero-order chi connectivity index (χ0) is 13.1. The first kappa shape index (κ1) is 11.8. The second-order valence-corrected chi connectivity index (χ2v) is 4.40. The van der Waals surface area contributed by atoms with Crippen LogP contribution in [0.3, 0.4) is 0 Å². The van der Waals surface area contributed by atoms with Crippen molar-refractivity contribution in [3.05, 3.63) is 66.1 Å². The van der Waals surface area contributed by atoms with Crippen LogP contribution >= 0.6 is 11.6 Å². The molecule has 19 heavy (non-hydrogen) atoms. The Bertz CT molecular complexity index is 684. The van der Waals surface area contributed by atoms with Gasteiger partial charge >= 0.3 is 0 Å². The van der Waals surface area contributed by atoms with E-state index in [1.54, 1.807) is 30.7 Å². The smallest absolute Gasteiger partial charge is 0.178 e. The lowest BCUT2D eigenvalue weighted by Crippen LogP contribution is -1.91. The fraction of sp³-hybridized carbons (Fsp3) is 0. The average Bonchev–Trinajstić information content (AvgIpc) is 2.49. The summed E-state index contributed by atoms with van der Waals surface area (Å²) in [6.07, 6.45) is 5.12. The first-order chi connectivity index (χ1) is 9.34. The highest BCUT2D eigenvalue weighted by molar-refractivity contribution is 6.33. The van der Waals surface area contributed by atoms with Gasteiger partial charge in [-0.05, 0) is 17.7 Å². The molecule has 0 aliphatic rings. The monoisotopic (exact) mass is 267 g/mol. The number of benzene rings is 1. The van der Waals surface area contributed by atoms with Gasteiger partial charge in [0.05, 0.1) is 5.02 Å². The van der Waals surface area contributed by atoms with Crippen molar-refractivity contribution in [3.63, 3.8) is 0 Å². The molecule has 0 amide bonds. The lowest BCUT2D eigenvalue weighted by molar-refractivity contribution is 1.14. The number of nitrogens with zero attached hydrogens (tertiary/aromatic N) is 3. The summed E-state index contributed by atoms with van der Waals surface area (Å²) >= 11 is 6.32. The molecule has 1 aromatic carbocycles. The largest absolute Gasteiger partial charge is 0.252 e. The maximum absolute atomic E-state index is 6.32. The van der Waals surface area contributed by atoms with Crippen molar-refractivity contribution < 1.29 is 0 Å². The van der Waals surface area contributed by atoms with Gasteiger partial charge in [-0.15, -0.1) is 0 Å². The number of aromatic nitrogens is 3. The van der Waals surface area contributed by atoms with Crippen molar-refractivity contribution in [1.82, 2.24) is 15.0 Å². The normalized spacial score (nSPS) is 10.4. The lowest BCUT2D eigenvalue weighted by Gasteiger charge is -2.05. The molecule has 2 heterocycles. The topological polar surface area (TPSA) is 38.7 Å². The number of hydrogen-bond acceptors (Lipinski definition) is 3. The van der Waals surface area contributed by atoms with E-state index in [1.165, 1.54) is 0 Å². The van der Waals surface area contributed by atoms with E-state index in [0.29, 0.717) is 16.5 Å².